The van der Waals surface area contributed by atoms with Gasteiger partial charge in [-0.1, -0.05) is 35.3 Å². The summed E-state index contributed by atoms with van der Waals surface area (Å²) < 4.78 is 28.6. The number of carbonyl (C=O) groups is 1. The van der Waals surface area contributed by atoms with E-state index in [1.54, 1.807) is 12.1 Å². The van der Waals surface area contributed by atoms with Crippen LogP contribution in [0.15, 0.2) is 30.3 Å². The minimum Gasteiger partial charge on any atom is -0.325 e. The Kier molecular flexibility index (Phi) is 3.56. The van der Waals surface area contributed by atoms with Gasteiger partial charge in [0, 0.05) is 24.7 Å². The van der Waals surface area contributed by atoms with Crippen LogP contribution in [0.2, 0.25) is 10.0 Å². The van der Waals surface area contributed by atoms with E-state index in [2.05, 4.69) is 10.6 Å². The molecule has 0 aliphatic carbocycles. The van der Waals surface area contributed by atoms with Crippen LogP contribution >= 0.6 is 23.2 Å². The topological polar surface area (TPSA) is 41.1 Å². The Morgan fingerprint density at radius 3 is 2.75 bits per heavy atom. The second-order valence-electron chi connectivity index (χ2n) is 6.06. The molecule has 7 heteroatoms. The monoisotopic (exact) mass is 368 g/mol. The van der Waals surface area contributed by atoms with Crippen molar-refractivity contribution in [2.24, 2.45) is 0 Å². The fourth-order valence-corrected chi connectivity index (χ4v) is 4.12. The molecule has 124 valence electrons. The van der Waals surface area contributed by atoms with Gasteiger partial charge in [-0.25, -0.2) is 8.78 Å². The SMILES string of the molecule is O=C1Nc2cc(Cl)c(F)cc2[C@@]12CNC[C@@H]2c1cccc(Cl)c1F. The predicted octanol–water partition coefficient (Wildman–Crippen LogP) is 3.85. The van der Waals surface area contributed by atoms with Gasteiger partial charge in [-0.15, -0.1) is 0 Å². The summed E-state index contributed by atoms with van der Waals surface area (Å²) in [6.07, 6.45) is 0. The van der Waals surface area contributed by atoms with Crippen LogP contribution in [0.25, 0.3) is 0 Å². The van der Waals surface area contributed by atoms with Crippen molar-refractivity contribution in [1.82, 2.24) is 5.32 Å². The average molecular weight is 369 g/mol. The van der Waals surface area contributed by atoms with Crippen LogP contribution in [0.3, 0.4) is 0 Å². The van der Waals surface area contributed by atoms with Gasteiger partial charge in [0.1, 0.15) is 11.6 Å². The number of carbonyl (C=O) groups excluding carboxylic acids is 1. The summed E-state index contributed by atoms with van der Waals surface area (Å²) in [4.78, 5) is 12.8. The van der Waals surface area contributed by atoms with Crippen LogP contribution in [0.1, 0.15) is 17.0 Å². The Morgan fingerprint density at radius 1 is 1.17 bits per heavy atom. The molecule has 1 saturated heterocycles. The van der Waals surface area contributed by atoms with Crippen molar-refractivity contribution >= 4 is 34.8 Å². The van der Waals surface area contributed by atoms with Crippen molar-refractivity contribution in [1.29, 1.82) is 0 Å². The summed E-state index contributed by atoms with van der Waals surface area (Å²) in [5.41, 5.74) is 0.198. The number of halogens is 4. The molecule has 2 aliphatic heterocycles. The molecule has 1 fully saturated rings. The van der Waals surface area contributed by atoms with E-state index in [0.717, 1.165) is 0 Å². The van der Waals surface area contributed by atoms with Gasteiger partial charge in [-0.05, 0) is 29.3 Å². The van der Waals surface area contributed by atoms with Crippen LogP contribution in [0.4, 0.5) is 14.5 Å². The normalized spacial score (nSPS) is 25.2. The van der Waals surface area contributed by atoms with Crippen LogP contribution < -0.4 is 10.6 Å². The van der Waals surface area contributed by atoms with Crippen molar-refractivity contribution in [3.8, 4) is 0 Å². The summed E-state index contributed by atoms with van der Waals surface area (Å²) in [6.45, 7) is 0.665. The first-order chi connectivity index (χ1) is 11.4. The molecule has 0 aromatic heterocycles. The van der Waals surface area contributed by atoms with Gasteiger partial charge >= 0.3 is 0 Å². The summed E-state index contributed by atoms with van der Waals surface area (Å²) in [7, 11) is 0. The predicted molar refractivity (Wildman–Crippen MR) is 88.7 cm³/mol. The average Bonchev–Trinajstić information content (AvgIpc) is 3.08. The maximum atomic E-state index is 14.5. The number of nitrogens with one attached hydrogen (secondary N) is 2. The summed E-state index contributed by atoms with van der Waals surface area (Å²) in [5.74, 6) is -1.96. The van der Waals surface area contributed by atoms with Gasteiger partial charge in [0.2, 0.25) is 5.91 Å². The molecular formula is C17H12Cl2F2N2O. The molecular weight excluding hydrogens is 357 g/mol. The van der Waals surface area contributed by atoms with E-state index in [1.807, 2.05) is 0 Å². The van der Waals surface area contributed by atoms with E-state index in [9.17, 15) is 13.6 Å². The first-order valence-electron chi connectivity index (χ1n) is 7.41. The van der Waals surface area contributed by atoms with Gasteiger partial charge in [0.05, 0.1) is 15.5 Å². The van der Waals surface area contributed by atoms with Gasteiger partial charge in [-0.3, -0.25) is 4.79 Å². The molecule has 0 saturated carbocycles. The zero-order chi connectivity index (χ0) is 17.1. The minimum absolute atomic E-state index is 0.00420. The molecule has 2 aliphatic rings. The molecule has 2 aromatic carbocycles. The lowest BCUT2D eigenvalue weighted by molar-refractivity contribution is -0.120. The highest BCUT2D eigenvalue weighted by Gasteiger charge is 2.56. The smallest absolute Gasteiger partial charge is 0.237 e. The summed E-state index contributed by atoms with van der Waals surface area (Å²) >= 11 is 11.7. The second-order valence-corrected chi connectivity index (χ2v) is 6.88. The highest BCUT2D eigenvalue weighted by Crippen LogP contribution is 2.50. The van der Waals surface area contributed by atoms with Crippen molar-refractivity contribution < 1.29 is 13.6 Å². The van der Waals surface area contributed by atoms with Gasteiger partial charge in [0.25, 0.3) is 0 Å². The fraction of sp³-hybridized carbons (Fsp3) is 0.235. The van der Waals surface area contributed by atoms with Gasteiger partial charge in [0.15, 0.2) is 0 Å². The van der Waals surface area contributed by atoms with E-state index in [1.165, 1.54) is 18.2 Å². The van der Waals surface area contributed by atoms with Gasteiger partial charge in [-0.2, -0.15) is 0 Å². The quantitative estimate of drug-likeness (QED) is 0.802. The summed E-state index contributed by atoms with van der Waals surface area (Å²) in [5, 5.41) is 5.80. The lowest BCUT2D eigenvalue weighted by Crippen LogP contribution is -2.41. The molecule has 2 heterocycles. The zero-order valence-electron chi connectivity index (χ0n) is 12.3. The Balaban J connectivity index is 1.93. The van der Waals surface area contributed by atoms with E-state index in [0.29, 0.717) is 23.4 Å². The highest BCUT2D eigenvalue weighted by molar-refractivity contribution is 6.31. The first-order valence-corrected chi connectivity index (χ1v) is 8.16. The van der Waals surface area contributed by atoms with E-state index >= 15 is 0 Å². The number of hydrogen-bond acceptors (Lipinski definition) is 2. The fourth-order valence-electron chi connectivity index (χ4n) is 3.77. The molecule has 2 N–H and O–H groups in total. The lowest BCUT2D eigenvalue weighted by atomic mass is 9.70. The molecule has 0 radical (unpaired) electrons. The van der Waals surface area contributed by atoms with Crippen molar-refractivity contribution in [2.75, 3.05) is 18.4 Å². The second kappa shape index (κ2) is 5.41. The Morgan fingerprint density at radius 2 is 1.96 bits per heavy atom. The number of fused-ring (bicyclic) bond motifs is 2. The van der Waals surface area contributed by atoms with Crippen molar-refractivity contribution in [3.05, 3.63) is 63.1 Å². The van der Waals surface area contributed by atoms with Crippen LogP contribution in [0.5, 0.6) is 0 Å². The maximum absolute atomic E-state index is 14.5. The molecule has 0 bridgehead atoms. The Labute approximate surface area is 147 Å². The zero-order valence-corrected chi connectivity index (χ0v) is 13.8. The molecule has 24 heavy (non-hydrogen) atoms. The molecule has 4 rings (SSSR count). The standard InChI is InChI=1S/C17H12Cl2F2N2O/c18-11-3-1-2-8(15(11)21)10-6-22-7-17(10)9-4-13(20)12(19)5-14(9)23-16(17)24/h1-5,10,22H,6-7H2,(H,23,24)/t10-,17-/m1/s1. The van der Waals surface area contributed by atoms with E-state index < -0.39 is 23.0 Å². The molecule has 1 spiro atoms. The number of rotatable bonds is 1. The molecule has 1 amide bonds. The number of amides is 1. The first kappa shape index (κ1) is 15.8. The van der Waals surface area contributed by atoms with Gasteiger partial charge < -0.3 is 10.6 Å². The van der Waals surface area contributed by atoms with Crippen LogP contribution in [-0.2, 0) is 10.2 Å². The Hall–Kier alpha value is -1.69. The van der Waals surface area contributed by atoms with Crippen molar-refractivity contribution in [3.63, 3.8) is 0 Å². The molecule has 3 nitrogen and oxygen atoms in total. The highest BCUT2D eigenvalue weighted by atomic mass is 35.5. The van der Waals surface area contributed by atoms with Crippen molar-refractivity contribution in [2.45, 2.75) is 11.3 Å². The lowest BCUT2D eigenvalue weighted by Gasteiger charge is -2.29. The third-order valence-electron chi connectivity index (χ3n) is 4.90. The van der Waals surface area contributed by atoms with Crippen LogP contribution in [-0.4, -0.2) is 19.0 Å². The number of anilines is 1. The minimum atomic E-state index is -1.09. The number of benzene rings is 2. The van der Waals surface area contributed by atoms with E-state index in [4.69, 9.17) is 23.2 Å². The number of hydrogen-bond donors (Lipinski definition) is 2. The molecule has 2 atom stereocenters. The Bertz CT molecular complexity index is 874. The van der Waals surface area contributed by atoms with E-state index in [-0.39, 0.29) is 22.5 Å². The maximum Gasteiger partial charge on any atom is 0.237 e. The molecule has 0 unspecified atom stereocenters. The van der Waals surface area contributed by atoms with Crippen LogP contribution in [0, 0.1) is 11.6 Å². The molecule has 2 aromatic rings. The summed E-state index contributed by atoms with van der Waals surface area (Å²) in [6, 6.07) is 7.36. The third-order valence-corrected chi connectivity index (χ3v) is 5.48. The third kappa shape index (κ3) is 2.01. The largest absolute Gasteiger partial charge is 0.325 e.